The number of amides is 1. The van der Waals surface area contributed by atoms with Crippen LogP contribution in [0.3, 0.4) is 0 Å². The zero-order valence-corrected chi connectivity index (χ0v) is 16.0. The van der Waals surface area contributed by atoms with Crippen molar-refractivity contribution < 1.29 is 9.53 Å². The largest absolute Gasteiger partial charge is 0.456 e. The van der Waals surface area contributed by atoms with Gasteiger partial charge in [0, 0.05) is 37.1 Å². The average Bonchev–Trinajstić information content (AvgIpc) is 3.53. The number of pyridine rings is 1. The van der Waals surface area contributed by atoms with Crippen molar-refractivity contribution in [2.24, 2.45) is 5.92 Å². The highest BCUT2D eigenvalue weighted by atomic mass is 35.5. The Bertz CT molecular complexity index is 787. The summed E-state index contributed by atoms with van der Waals surface area (Å²) < 4.78 is 5.75. The minimum Gasteiger partial charge on any atom is -0.456 e. The summed E-state index contributed by atoms with van der Waals surface area (Å²) in [6.45, 7) is 2.70. The number of carbonyl (C=O) groups is 1. The second kappa shape index (κ2) is 8.28. The van der Waals surface area contributed by atoms with E-state index in [0.717, 1.165) is 38.4 Å². The lowest BCUT2D eigenvalue weighted by atomic mass is 10.0. The molecule has 1 aliphatic heterocycles. The number of nitrogens with one attached hydrogen (secondary N) is 1. The molecule has 0 atom stereocenters. The monoisotopic (exact) mass is 385 g/mol. The molecule has 27 heavy (non-hydrogen) atoms. The number of piperidine rings is 1. The molecule has 2 fully saturated rings. The molecule has 0 unspecified atom stereocenters. The Kier molecular flexibility index (Phi) is 5.60. The minimum atomic E-state index is 0.0352. The van der Waals surface area contributed by atoms with E-state index in [9.17, 15) is 4.79 Å². The maximum absolute atomic E-state index is 12.8. The van der Waals surface area contributed by atoms with Crippen molar-refractivity contribution in [3.8, 4) is 11.5 Å². The van der Waals surface area contributed by atoms with Gasteiger partial charge in [-0.15, -0.1) is 0 Å². The highest BCUT2D eigenvalue weighted by Gasteiger charge is 2.26. The van der Waals surface area contributed by atoms with Crippen LogP contribution in [0.5, 0.6) is 11.5 Å². The number of hydrogen-bond acceptors (Lipinski definition) is 4. The Morgan fingerprint density at radius 3 is 2.56 bits per heavy atom. The van der Waals surface area contributed by atoms with Crippen molar-refractivity contribution in [1.82, 2.24) is 15.2 Å². The molecule has 6 heteroatoms. The van der Waals surface area contributed by atoms with Gasteiger partial charge in [-0.05, 0) is 68.5 Å². The van der Waals surface area contributed by atoms with Crippen LogP contribution < -0.4 is 10.1 Å². The van der Waals surface area contributed by atoms with Gasteiger partial charge in [-0.1, -0.05) is 11.6 Å². The molecule has 0 bridgehead atoms. The van der Waals surface area contributed by atoms with Crippen LogP contribution in [0.25, 0.3) is 0 Å². The van der Waals surface area contributed by atoms with Crippen LogP contribution in [0.1, 0.15) is 36.0 Å². The number of rotatable bonds is 6. The lowest BCUT2D eigenvalue weighted by Gasteiger charge is -2.32. The summed E-state index contributed by atoms with van der Waals surface area (Å²) in [6, 6.07) is 9.28. The smallest absolute Gasteiger partial charge is 0.253 e. The Morgan fingerprint density at radius 2 is 1.89 bits per heavy atom. The predicted molar refractivity (Wildman–Crippen MR) is 105 cm³/mol. The van der Waals surface area contributed by atoms with E-state index in [1.54, 1.807) is 42.7 Å². The van der Waals surface area contributed by atoms with Crippen LogP contribution in [-0.2, 0) is 0 Å². The van der Waals surface area contributed by atoms with E-state index in [4.69, 9.17) is 16.3 Å². The first-order chi connectivity index (χ1) is 13.2. The second-order valence-electron chi connectivity index (χ2n) is 7.35. The standard InChI is InChI=1S/C21H24ClN3O2/c22-19-13-16(3-4-20(19)27-18-5-9-23-10-6-18)21(26)25-11-7-17(8-12-25)24-14-15-1-2-15/h3-6,9-10,13,15,17,24H,1-2,7-8,11-12,14H2. The molecular formula is C21H24ClN3O2. The van der Waals surface area contributed by atoms with E-state index < -0.39 is 0 Å². The van der Waals surface area contributed by atoms with Crippen molar-refractivity contribution in [2.45, 2.75) is 31.7 Å². The molecule has 1 amide bonds. The van der Waals surface area contributed by atoms with Crippen molar-refractivity contribution in [1.29, 1.82) is 0 Å². The zero-order valence-electron chi connectivity index (χ0n) is 15.2. The number of hydrogen-bond donors (Lipinski definition) is 1. The molecule has 2 aliphatic rings. The number of halogens is 1. The molecule has 1 aromatic heterocycles. The van der Waals surface area contributed by atoms with E-state index >= 15 is 0 Å². The van der Waals surface area contributed by atoms with Crippen molar-refractivity contribution in [3.05, 3.63) is 53.3 Å². The van der Waals surface area contributed by atoms with Gasteiger partial charge in [-0.2, -0.15) is 0 Å². The van der Waals surface area contributed by atoms with Gasteiger partial charge in [0.1, 0.15) is 11.5 Å². The molecule has 5 nitrogen and oxygen atoms in total. The molecule has 1 saturated heterocycles. The third-order valence-corrected chi connectivity index (χ3v) is 5.53. The second-order valence-corrected chi connectivity index (χ2v) is 7.76. The summed E-state index contributed by atoms with van der Waals surface area (Å²) in [4.78, 5) is 18.7. The van der Waals surface area contributed by atoms with Crippen molar-refractivity contribution >= 4 is 17.5 Å². The van der Waals surface area contributed by atoms with Crippen LogP contribution in [0.15, 0.2) is 42.7 Å². The van der Waals surface area contributed by atoms with Crippen LogP contribution in [0.4, 0.5) is 0 Å². The third kappa shape index (κ3) is 4.79. The van der Waals surface area contributed by atoms with Gasteiger partial charge >= 0.3 is 0 Å². The summed E-state index contributed by atoms with van der Waals surface area (Å²) in [5, 5.41) is 4.07. The Hall–Kier alpha value is -2.11. The van der Waals surface area contributed by atoms with E-state index in [-0.39, 0.29) is 5.91 Å². The molecule has 1 aliphatic carbocycles. The maximum Gasteiger partial charge on any atom is 0.253 e. The fourth-order valence-electron chi connectivity index (χ4n) is 3.37. The molecule has 0 radical (unpaired) electrons. The average molecular weight is 386 g/mol. The summed E-state index contributed by atoms with van der Waals surface area (Å²) in [5.41, 5.74) is 0.603. The van der Waals surface area contributed by atoms with E-state index in [0.29, 0.717) is 28.1 Å². The zero-order chi connectivity index (χ0) is 18.6. The molecule has 142 valence electrons. The summed E-state index contributed by atoms with van der Waals surface area (Å²) >= 11 is 6.34. The van der Waals surface area contributed by atoms with Gasteiger partial charge in [-0.25, -0.2) is 0 Å². The van der Waals surface area contributed by atoms with E-state index in [2.05, 4.69) is 10.3 Å². The first kappa shape index (κ1) is 18.3. The highest BCUT2D eigenvalue weighted by molar-refractivity contribution is 6.32. The topological polar surface area (TPSA) is 54.5 Å². The fraction of sp³-hybridized carbons (Fsp3) is 0.429. The summed E-state index contributed by atoms with van der Waals surface area (Å²) in [6.07, 6.45) is 8.07. The first-order valence-electron chi connectivity index (χ1n) is 9.59. The van der Waals surface area contributed by atoms with Gasteiger partial charge < -0.3 is 15.0 Å². The highest BCUT2D eigenvalue weighted by Crippen LogP contribution is 2.31. The van der Waals surface area contributed by atoms with Gasteiger partial charge in [0.2, 0.25) is 0 Å². The normalized spacial score (nSPS) is 17.7. The van der Waals surface area contributed by atoms with Gasteiger partial charge in [0.25, 0.3) is 5.91 Å². The van der Waals surface area contributed by atoms with Crippen LogP contribution in [0.2, 0.25) is 5.02 Å². The number of ether oxygens (including phenoxy) is 1. The van der Waals surface area contributed by atoms with Gasteiger partial charge in [0.05, 0.1) is 5.02 Å². The molecule has 1 saturated carbocycles. The fourth-order valence-corrected chi connectivity index (χ4v) is 3.59. The van der Waals surface area contributed by atoms with Gasteiger partial charge in [-0.3, -0.25) is 9.78 Å². The minimum absolute atomic E-state index is 0.0352. The number of benzene rings is 1. The van der Waals surface area contributed by atoms with Gasteiger partial charge in [0.15, 0.2) is 0 Å². The summed E-state index contributed by atoms with van der Waals surface area (Å²) in [5.74, 6) is 2.11. The lowest BCUT2D eigenvalue weighted by molar-refractivity contribution is 0.0705. The van der Waals surface area contributed by atoms with Crippen molar-refractivity contribution in [2.75, 3.05) is 19.6 Å². The summed E-state index contributed by atoms with van der Waals surface area (Å²) in [7, 11) is 0. The van der Waals surface area contributed by atoms with Crippen LogP contribution in [-0.4, -0.2) is 41.5 Å². The Morgan fingerprint density at radius 1 is 1.15 bits per heavy atom. The maximum atomic E-state index is 12.8. The number of nitrogens with zero attached hydrogens (tertiary/aromatic N) is 2. The predicted octanol–water partition coefficient (Wildman–Crippen LogP) is 4.13. The molecule has 4 rings (SSSR count). The lowest BCUT2D eigenvalue weighted by Crippen LogP contribution is -2.45. The van der Waals surface area contributed by atoms with E-state index in [1.165, 1.54) is 12.8 Å². The molecule has 0 spiro atoms. The molecule has 2 heterocycles. The Labute approximate surface area is 164 Å². The molecule has 1 aromatic carbocycles. The van der Waals surface area contributed by atoms with Crippen LogP contribution >= 0.6 is 11.6 Å². The van der Waals surface area contributed by atoms with Crippen molar-refractivity contribution in [3.63, 3.8) is 0 Å². The number of carbonyl (C=O) groups excluding carboxylic acids is 1. The Balaban J connectivity index is 1.34. The quantitative estimate of drug-likeness (QED) is 0.812. The third-order valence-electron chi connectivity index (χ3n) is 5.23. The van der Waals surface area contributed by atoms with Crippen LogP contribution in [0, 0.1) is 5.92 Å². The van der Waals surface area contributed by atoms with E-state index in [1.807, 2.05) is 4.90 Å². The SMILES string of the molecule is O=C(c1ccc(Oc2ccncc2)c(Cl)c1)N1CCC(NCC2CC2)CC1. The first-order valence-corrected chi connectivity index (χ1v) is 9.97. The molecular weight excluding hydrogens is 362 g/mol. The number of likely N-dealkylation sites (tertiary alicyclic amines) is 1. The number of aromatic nitrogens is 1. The molecule has 1 N–H and O–H groups in total. The molecule has 2 aromatic rings.